The fourth-order valence-electron chi connectivity index (χ4n) is 4.58. The molecule has 4 rings (SSSR count). The van der Waals surface area contributed by atoms with Crippen molar-refractivity contribution in [2.45, 2.75) is 45.9 Å². The minimum atomic E-state index is -1.17. The number of ether oxygens (including phenoxy) is 1. The van der Waals surface area contributed by atoms with Crippen molar-refractivity contribution in [3.8, 4) is 11.8 Å². The van der Waals surface area contributed by atoms with Gasteiger partial charge in [-0.05, 0) is 49.6 Å². The summed E-state index contributed by atoms with van der Waals surface area (Å²) in [4.78, 5) is 31.2. The number of nitrogens with zero attached hydrogens (tertiary/aromatic N) is 4. The third kappa shape index (κ3) is 6.78. The maximum absolute atomic E-state index is 14.1. The van der Waals surface area contributed by atoms with Crippen LogP contribution in [0.2, 0.25) is 0 Å². The highest BCUT2D eigenvalue weighted by molar-refractivity contribution is 5.95. The number of nitriles is 1. The molecule has 2 N–H and O–H groups in total. The first kappa shape index (κ1) is 29.0. The standard InChI is InChI=1S/C30H29F2N5O4/c1-19-14-26(41-18-23-24(31)11-6-12-25(23)32)28-35-20(2)27(37(28)16-19)29(38)34-15-22(10-7-13-33)36(30(39)40)17-21-8-4-3-5-9-21/h3-6,8-9,11-12,14,16,22H,7,10,15,17-18H2,1-2H3,(H,34,38)(H,39,40). The smallest absolute Gasteiger partial charge is 0.407 e. The Labute approximate surface area is 235 Å². The third-order valence-electron chi connectivity index (χ3n) is 6.62. The summed E-state index contributed by atoms with van der Waals surface area (Å²) in [7, 11) is 0. The molecule has 0 radical (unpaired) electrons. The molecule has 0 aliphatic heterocycles. The Kier molecular flexibility index (Phi) is 9.14. The van der Waals surface area contributed by atoms with Gasteiger partial charge in [-0.1, -0.05) is 36.4 Å². The van der Waals surface area contributed by atoms with Crippen molar-refractivity contribution in [1.82, 2.24) is 19.6 Å². The van der Waals surface area contributed by atoms with Crippen molar-refractivity contribution >= 4 is 17.6 Å². The molecule has 1 unspecified atom stereocenters. The largest absolute Gasteiger partial charge is 0.485 e. The van der Waals surface area contributed by atoms with Crippen LogP contribution in [0, 0.1) is 36.8 Å². The summed E-state index contributed by atoms with van der Waals surface area (Å²) in [5.74, 6) is -1.73. The van der Waals surface area contributed by atoms with E-state index in [9.17, 15) is 23.5 Å². The first-order chi connectivity index (χ1) is 19.7. The molecule has 41 heavy (non-hydrogen) atoms. The molecule has 0 aliphatic carbocycles. The lowest BCUT2D eigenvalue weighted by Gasteiger charge is -2.29. The van der Waals surface area contributed by atoms with E-state index in [4.69, 9.17) is 10.00 Å². The average Bonchev–Trinajstić information content (AvgIpc) is 3.27. The summed E-state index contributed by atoms with van der Waals surface area (Å²) in [6.07, 6.45) is 0.857. The summed E-state index contributed by atoms with van der Waals surface area (Å²) >= 11 is 0. The van der Waals surface area contributed by atoms with Crippen LogP contribution in [0.15, 0.2) is 60.8 Å². The van der Waals surface area contributed by atoms with E-state index in [1.165, 1.54) is 15.4 Å². The van der Waals surface area contributed by atoms with Gasteiger partial charge in [0.2, 0.25) is 0 Å². The second-order valence-electron chi connectivity index (χ2n) is 9.57. The van der Waals surface area contributed by atoms with Crippen LogP contribution in [-0.2, 0) is 13.2 Å². The average molecular weight is 562 g/mol. The van der Waals surface area contributed by atoms with Crippen LogP contribution < -0.4 is 10.1 Å². The van der Waals surface area contributed by atoms with Gasteiger partial charge in [-0.25, -0.2) is 18.6 Å². The topological polar surface area (TPSA) is 120 Å². The molecule has 2 heterocycles. The molecule has 0 bridgehead atoms. The lowest BCUT2D eigenvalue weighted by atomic mass is 10.1. The van der Waals surface area contributed by atoms with Gasteiger partial charge in [-0.3, -0.25) is 14.1 Å². The van der Waals surface area contributed by atoms with E-state index in [1.54, 1.807) is 38.2 Å². The van der Waals surface area contributed by atoms with E-state index < -0.39 is 29.7 Å². The Morgan fingerprint density at radius 2 is 1.85 bits per heavy atom. The highest BCUT2D eigenvalue weighted by Gasteiger charge is 2.26. The molecular formula is C30H29F2N5O4. The van der Waals surface area contributed by atoms with Gasteiger partial charge in [0.1, 0.15) is 23.9 Å². The minimum Gasteiger partial charge on any atom is -0.485 e. The summed E-state index contributed by atoms with van der Waals surface area (Å²) in [5.41, 5.74) is 2.12. The third-order valence-corrected chi connectivity index (χ3v) is 6.62. The fourth-order valence-corrected chi connectivity index (χ4v) is 4.58. The predicted octanol–water partition coefficient (Wildman–Crippen LogP) is 5.39. The summed E-state index contributed by atoms with van der Waals surface area (Å²) in [5, 5.41) is 21.9. The molecule has 9 nitrogen and oxygen atoms in total. The van der Waals surface area contributed by atoms with Gasteiger partial charge in [-0.15, -0.1) is 0 Å². The lowest BCUT2D eigenvalue weighted by molar-refractivity contribution is 0.0902. The van der Waals surface area contributed by atoms with E-state index in [2.05, 4.69) is 10.3 Å². The molecule has 0 fully saturated rings. The zero-order chi connectivity index (χ0) is 29.5. The second kappa shape index (κ2) is 12.9. The van der Waals surface area contributed by atoms with Gasteiger partial charge < -0.3 is 15.2 Å². The normalized spacial score (nSPS) is 11.6. The minimum absolute atomic E-state index is 0.0337. The number of hydrogen-bond donors (Lipinski definition) is 2. The molecule has 0 spiro atoms. The number of hydrogen-bond acceptors (Lipinski definition) is 5. The first-order valence-electron chi connectivity index (χ1n) is 12.9. The second-order valence-corrected chi connectivity index (χ2v) is 9.57. The highest BCUT2D eigenvalue weighted by Crippen LogP contribution is 2.26. The van der Waals surface area contributed by atoms with Gasteiger partial charge in [0.15, 0.2) is 11.4 Å². The molecule has 1 atom stereocenters. The summed E-state index contributed by atoms with van der Waals surface area (Å²) in [6, 6.07) is 15.7. The molecule has 11 heteroatoms. The Balaban J connectivity index is 1.57. The van der Waals surface area contributed by atoms with Crippen LogP contribution in [0.1, 0.15) is 45.7 Å². The number of carbonyl (C=O) groups excluding carboxylic acids is 1. The van der Waals surface area contributed by atoms with Gasteiger partial charge in [0.05, 0.1) is 23.4 Å². The van der Waals surface area contributed by atoms with Gasteiger partial charge in [-0.2, -0.15) is 5.26 Å². The maximum Gasteiger partial charge on any atom is 0.407 e. The number of rotatable bonds is 11. The molecule has 2 aromatic carbocycles. The summed E-state index contributed by atoms with van der Waals surface area (Å²) in [6.45, 7) is 3.11. The van der Waals surface area contributed by atoms with E-state index in [1.807, 2.05) is 24.3 Å². The Morgan fingerprint density at radius 3 is 2.51 bits per heavy atom. The Hall–Kier alpha value is -4.98. The van der Waals surface area contributed by atoms with Crippen LogP contribution in [0.3, 0.4) is 0 Å². The predicted molar refractivity (Wildman–Crippen MR) is 146 cm³/mol. The van der Waals surface area contributed by atoms with Crippen molar-refractivity contribution in [2.24, 2.45) is 0 Å². The fraction of sp³-hybridized carbons (Fsp3) is 0.267. The number of nitrogens with one attached hydrogen (secondary N) is 1. The van der Waals surface area contributed by atoms with Crippen LogP contribution in [-0.4, -0.2) is 44.0 Å². The van der Waals surface area contributed by atoms with E-state index in [0.717, 1.165) is 17.7 Å². The first-order valence-corrected chi connectivity index (χ1v) is 12.9. The number of carboxylic acid groups (broad SMARTS) is 1. The van der Waals surface area contributed by atoms with Gasteiger partial charge in [0, 0.05) is 25.7 Å². The lowest BCUT2D eigenvalue weighted by Crippen LogP contribution is -2.46. The molecule has 0 aliphatic rings. The SMILES string of the molecule is Cc1cc(OCc2c(F)cccc2F)c2nc(C)c(C(=O)NCC(CCC#N)N(Cc3ccccc3)C(=O)O)n2c1. The summed E-state index contributed by atoms with van der Waals surface area (Å²) < 4.78 is 35.5. The number of aromatic nitrogens is 2. The molecule has 2 amide bonds. The maximum atomic E-state index is 14.1. The molecule has 4 aromatic rings. The van der Waals surface area contributed by atoms with Crippen molar-refractivity contribution in [3.63, 3.8) is 0 Å². The molecule has 212 valence electrons. The van der Waals surface area contributed by atoms with Crippen molar-refractivity contribution in [1.29, 1.82) is 5.26 Å². The quantitative estimate of drug-likeness (QED) is 0.253. The number of fused-ring (bicyclic) bond motifs is 1. The van der Waals surface area contributed by atoms with Crippen molar-refractivity contribution in [3.05, 3.63) is 101 Å². The zero-order valence-corrected chi connectivity index (χ0v) is 22.6. The van der Waals surface area contributed by atoms with Crippen LogP contribution >= 0.6 is 0 Å². The molecule has 0 saturated carbocycles. The van der Waals surface area contributed by atoms with Crippen molar-refractivity contribution < 1.29 is 28.2 Å². The van der Waals surface area contributed by atoms with Gasteiger partial charge in [0.25, 0.3) is 5.91 Å². The molecular weight excluding hydrogens is 532 g/mol. The Morgan fingerprint density at radius 1 is 1.15 bits per heavy atom. The number of aryl methyl sites for hydroxylation is 2. The van der Waals surface area contributed by atoms with Crippen LogP contribution in [0.5, 0.6) is 5.75 Å². The van der Waals surface area contributed by atoms with E-state index >= 15 is 0 Å². The van der Waals surface area contributed by atoms with Crippen LogP contribution in [0.25, 0.3) is 5.65 Å². The number of imidazole rings is 1. The Bertz CT molecular complexity index is 1580. The van der Waals surface area contributed by atoms with E-state index in [-0.39, 0.29) is 55.2 Å². The zero-order valence-electron chi connectivity index (χ0n) is 22.6. The molecule has 0 saturated heterocycles. The number of carbonyl (C=O) groups is 2. The number of amides is 2. The number of benzene rings is 2. The molecule has 2 aromatic heterocycles. The van der Waals surface area contributed by atoms with Gasteiger partial charge >= 0.3 is 6.09 Å². The monoisotopic (exact) mass is 561 g/mol. The van der Waals surface area contributed by atoms with Crippen molar-refractivity contribution in [2.75, 3.05) is 6.54 Å². The highest BCUT2D eigenvalue weighted by atomic mass is 19.1. The number of pyridine rings is 1. The van der Waals surface area contributed by atoms with E-state index in [0.29, 0.717) is 11.3 Å². The number of halogens is 2. The van der Waals surface area contributed by atoms with Crippen LogP contribution in [0.4, 0.5) is 13.6 Å².